The van der Waals surface area contributed by atoms with Gasteiger partial charge in [0.1, 0.15) is 37.3 Å². The van der Waals surface area contributed by atoms with Crippen molar-refractivity contribution in [3.63, 3.8) is 0 Å². The maximum atomic E-state index is 12.9. The molecule has 0 aromatic rings. The van der Waals surface area contributed by atoms with E-state index >= 15 is 0 Å². The summed E-state index contributed by atoms with van der Waals surface area (Å²) < 4.78 is 51.0. The zero-order chi connectivity index (χ0) is 46.9. The minimum atomic E-state index is -1.89. The molecule has 3 spiro atoms. The largest absolute Gasteiger partial charge is 0.459 e. The summed E-state index contributed by atoms with van der Waals surface area (Å²) >= 11 is 0. The molecule has 17 atom stereocenters. The predicted molar refractivity (Wildman–Crippen MR) is 240 cm³/mol. The van der Waals surface area contributed by atoms with Crippen LogP contribution in [0.15, 0.2) is 60.3 Å². The first-order chi connectivity index (χ1) is 30.8. The number of aliphatic hydroxyl groups excluding tert-OH is 3. The van der Waals surface area contributed by atoms with Crippen LogP contribution in [0.2, 0.25) is 0 Å². The molecule has 6 fully saturated rings. The molecule has 0 radical (unpaired) electrons. The third kappa shape index (κ3) is 11.5. The van der Waals surface area contributed by atoms with E-state index in [1.54, 1.807) is 6.08 Å². The van der Waals surface area contributed by atoms with Gasteiger partial charge in [-0.1, -0.05) is 58.2 Å². The molecule has 7 heterocycles. The van der Waals surface area contributed by atoms with E-state index in [9.17, 15) is 30.0 Å². The Kier molecular flexibility index (Phi) is 15.9. The molecule has 7 aliphatic heterocycles. The van der Waals surface area contributed by atoms with Gasteiger partial charge < -0.3 is 58.3 Å². The van der Waals surface area contributed by atoms with E-state index in [-0.39, 0.29) is 49.6 Å². The number of esters is 1. The van der Waals surface area contributed by atoms with Crippen molar-refractivity contribution in [3.8, 4) is 0 Å². The molecular formula is C51H76O14. The smallest absolute Gasteiger partial charge is 0.338 e. The van der Waals surface area contributed by atoms with Crippen LogP contribution in [-0.4, -0.2) is 130 Å². The van der Waals surface area contributed by atoms with Crippen LogP contribution in [-0.2, 0) is 47.5 Å². The molecule has 4 N–H and O–H groups in total. The zero-order valence-corrected chi connectivity index (χ0v) is 39.3. The summed E-state index contributed by atoms with van der Waals surface area (Å²) in [5.41, 5.74) is 0.291. The summed E-state index contributed by atoms with van der Waals surface area (Å²) in [5, 5.41) is 45.6. The Labute approximate surface area is 385 Å². The minimum absolute atomic E-state index is 0.0414. The van der Waals surface area contributed by atoms with Gasteiger partial charge in [-0.05, 0) is 113 Å². The molecule has 14 heteroatoms. The van der Waals surface area contributed by atoms with E-state index in [1.165, 1.54) is 6.92 Å². The lowest BCUT2D eigenvalue weighted by Gasteiger charge is -2.50. The van der Waals surface area contributed by atoms with Gasteiger partial charge in [0.05, 0.1) is 43.2 Å². The van der Waals surface area contributed by atoms with Gasteiger partial charge in [0.25, 0.3) is 0 Å². The summed E-state index contributed by atoms with van der Waals surface area (Å²) in [5.74, 6) is -3.44. The van der Waals surface area contributed by atoms with Gasteiger partial charge in [-0.25, -0.2) is 4.79 Å². The summed E-state index contributed by atoms with van der Waals surface area (Å²) in [6.07, 6.45) is 9.97. The van der Waals surface area contributed by atoms with Crippen LogP contribution in [0.5, 0.6) is 0 Å². The molecule has 7 aliphatic rings. The molecule has 0 saturated carbocycles. The van der Waals surface area contributed by atoms with E-state index in [0.29, 0.717) is 80.3 Å². The van der Waals surface area contributed by atoms with Gasteiger partial charge >= 0.3 is 5.97 Å². The number of fused-ring (bicyclic) bond motifs is 1. The van der Waals surface area contributed by atoms with Crippen molar-refractivity contribution in [2.75, 3.05) is 13.2 Å². The van der Waals surface area contributed by atoms with Crippen molar-refractivity contribution in [1.82, 2.24) is 0 Å². The normalized spacial score (nSPS) is 41.1. The quantitative estimate of drug-likeness (QED) is 0.0614. The van der Waals surface area contributed by atoms with E-state index < -0.39 is 71.7 Å². The van der Waals surface area contributed by atoms with Crippen LogP contribution >= 0.6 is 0 Å². The summed E-state index contributed by atoms with van der Waals surface area (Å²) in [6.45, 7) is 21.9. The molecule has 17 unspecified atom stereocenters. The Balaban J connectivity index is 0.900. The SMILES string of the molecule is C=C(C=O)CC(=C)COC(=O)C(C)(O)CC1CCC(O)C2(C=C(C)CC(C(C)C=CC3CCC4(CCC5OC(C(O)CC(C)C6OC7(CCCCO7)CCC6C)C(=C)C(O)C5O4)O3)O2)O1. The first-order valence-corrected chi connectivity index (χ1v) is 24.2. The first kappa shape index (κ1) is 50.3. The first-order valence-electron chi connectivity index (χ1n) is 24.2. The highest BCUT2D eigenvalue weighted by molar-refractivity contribution is 5.79. The molecule has 0 aromatic heterocycles. The third-order valence-electron chi connectivity index (χ3n) is 15.0. The Bertz CT molecular complexity index is 1800. The van der Waals surface area contributed by atoms with Crippen molar-refractivity contribution < 1.29 is 67.9 Å². The standard InChI is InChI=1S/C51H76O14/c1-30-24-41(63-51(26-30)42(54)14-13-38(62-51)27-48(8,57)47(56)58-29-32(3)23-31(2)28-52)33(4)11-12-37-16-20-50(61-37)21-17-40-46(65-50)43(55)36(7)45(60-40)39(53)25-35(6)44-34(5)15-19-49(64-44)18-9-10-22-59-49/h11-12,26,28,33-35,37-46,53-55,57H,2-3,7,9-10,13-25,27,29H2,1,4-6,8H3. The van der Waals surface area contributed by atoms with Crippen molar-refractivity contribution >= 4 is 12.3 Å². The van der Waals surface area contributed by atoms with E-state index in [0.717, 1.165) is 44.3 Å². The second kappa shape index (κ2) is 20.6. The molecule has 0 amide bonds. The van der Waals surface area contributed by atoms with Gasteiger partial charge in [0.15, 0.2) is 17.2 Å². The zero-order valence-electron chi connectivity index (χ0n) is 39.3. The van der Waals surface area contributed by atoms with Gasteiger partial charge in [-0.2, -0.15) is 0 Å². The van der Waals surface area contributed by atoms with Crippen LogP contribution in [0.1, 0.15) is 131 Å². The van der Waals surface area contributed by atoms with Gasteiger partial charge in [0.2, 0.25) is 5.79 Å². The van der Waals surface area contributed by atoms with Crippen molar-refractivity contribution in [1.29, 1.82) is 0 Å². The highest BCUT2D eigenvalue weighted by atomic mass is 16.7. The topological polar surface area (TPSA) is 189 Å². The molecule has 0 aromatic carbocycles. The lowest BCUT2D eigenvalue weighted by Crippen LogP contribution is -2.60. The fraction of sp³-hybridized carbons (Fsp3) is 0.765. The number of allylic oxidation sites excluding steroid dienone is 1. The monoisotopic (exact) mass is 913 g/mol. The average Bonchev–Trinajstić information content (AvgIpc) is 3.66. The average molecular weight is 913 g/mol. The second-order valence-corrected chi connectivity index (χ2v) is 20.8. The highest BCUT2D eigenvalue weighted by Crippen LogP contribution is 2.47. The van der Waals surface area contributed by atoms with E-state index in [2.05, 4.69) is 39.7 Å². The Morgan fingerprint density at radius 1 is 1.00 bits per heavy atom. The fourth-order valence-corrected chi connectivity index (χ4v) is 11.3. The van der Waals surface area contributed by atoms with Gasteiger partial charge in [-0.15, -0.1) is 0 Å². The van der Waals surface area contributed by atoms with E-state index in [1.807, 2.05) is 19.9 Å². The second-order valence-electron chi connectivity index (χ2n) is 20.8. The fourth-order valence-electron chi connectivity index (χ4n) is 11.3. The van der Waals surface area contributed by atoms with Crippen molar-refractivity contribution in [2.24, 2.45) is 17.8 Å². The molecular weight excluding hydrogens is 837 g/mol. The number of hydrogen-bond donors (Lipinski definition) is 4. The third-order valence-corrected chi connectivity index (χ3v) is 15.0. The number of ether oxygens (including phenoxy) is 8. The molecule has 65 heavy (non-hydrogen) atoms. The molecule has 0 bridgehead atoms. The van der Waals surface area contributed by atoms with Crippen LogP contribution < -0.4 is 0 Å². The summed E-state index contributed by atoms with van der Waals surface area (Å²) in [7, 11) is 0. The summed E-state index contributed by atoms with van der Waals surface area (Å²) in [6, 6.07) is 0. The highest BCUT2D eigenvalue weighted by Gasteiger charge is 2.55. The molecule has 6 saturated heterocycles. The Morgan fingerprint density at radius 2 is 1.75 bits per heavy atom. The molecule has 14 nitrogen and oxygen atoms in total. The number of carbonyl (C=O) groups excluding carboxylic acids is 2. The maximum Gasteiger partial charge on any atom is 0.338 e. The van der Waals surface area contributed by atoms with Crippen LogP contribution in [0, 0.1) is 17.8 Å². The molecule has 0 aliphatic carbocycles. The van der Waals surface area contributed by atoms with Crippen LogP contribution in [0.4, 0.5) is 0 Å². The van der Waals surface area contributed by atoms with Gasteiger partial charge in [-0.3, -0.25) is 4.79 Å². The number of hydrogen-bond acceptors (Lipinski definition) is 14. The number of aldehydes is 1. The van der Waals surface area contributed by atoms with Crippen LogP contribution in [0.25, 0.3) is 0 Å². The molecule has 7 rings (SSSR count). The maximum absolute atomic E-state index is 12.9. The molecule has 364 valence electrons. The number of aliphatic hydroxyl groups is 4. The lowest BCUT2D eigenvalue weighted by molar-refractivity contribution is -0.321. The van der Waals surface area contributed by atoms with E-state index in [4.69, 9.17) is 37.9 Å². The van der Waals surface area contributed by atoms with Crippen molar-refractivity contribution in [3.05, 3.63) is 60.3 Å². The van der Waals surface area contributed by atoms with Gasteiger partial charge in [0, 0.05) is 38.0 Å². The summed E-state index contributed by atoms with van der Waals surface area (Å²) in [4.78, 5) is 23.8. The number of rotatable bonds is 15. The Hall–Kier alpha value is -2.60. The van der Waals surface area contributed by atoms with Crippen molar-refractivity contribution in [2.45, 2.75) is 215 Å². The lowest BCUT2D eigenvalue weighted by atomic mass is 9.79. The predicted octanol–water partition coefficient (Wildman–Crippen LogP) is 6.37. The number of carbonyl (C=O) groups is 2. The van der Waals surface area contributed by atoms with Crippen LogP contribution in [0.3, 0.4) is 0 Å². The minimum Gasteiger partial charge on any atom is -0.459 e. The Morgan fingerprint density at radius 3 is 2.49 bits per heavy atom.